The minimum Gasteiger partial charge on any atom is -0.508 e. The molecular weight excluding hydrogens is 333 g/mol. The number of nitrogens with two attached hydrogens (primary N) is 1. The molecule has 0 radical (unpaired) electrons. The fourth-order valence-electron chi connectivity index (χ4n) is 2.08. The van der Waals surface area contributed by atoms with Crippen LogP contribution in [0, 0.1) is 0 Å². The zero-order valence-corrected chi connectivity index (χ0v) is 12.8. The lowest BCUT2D eigenvalue weighted by Crippen LogP contribution is -2.27. The van der Waals surface area contributed by atoms with Crippen LogP contribution in [0.3, 0.4) is 0 Å². The third-order valence-electron chi connectivity index (χ3n) is 3.12. The van der Waals surface area contributed by atoms with Crippen LogP contribution >= 0.6 is 11.6 Å². The summed E-state index contributed by atoms with van der Waals surface area (Å²) in [6.45, 7) is -0.378. The molecule has 0 saturated carbocycles. The van der Waals surface area contributed by atoms with Gasteiger partial charge in [-0.1, -0.05) is 17.7 Å². The maximum absolute atomic E-state index is 13.2. The number of rotatable bonds is 4. The van der Waals surface area contributed by atoms with Crippen LogP contribution in [0.25, 0.3) is 0 Å². The van der Waals surface area contributed by atoms with Gasteiger partial charge < -0.3 is 14.9 Å². The van der Waals surface area contributed by atoms with Crippen LogP contribution in [0.15, 0.2) is 36.4 Å². The first-order chi connectivity index (χ1) is 10.7. The molecule has 0 atom stereocenters. The van der Waals surface area contributed by atoms with Gasteiger partial charge in [0.15, 0.2) is 0 Å². The van der Waals surface area contributed by atoms with Crippen molar-refractivity contribution in [1.29, 1.82) is 0 Å². The summed E-state index contributed by atoms with van der Waals surface area (Å²) in [4.78, 5) is 0. The minimum atomic E-state index is -4.54. The number of phenolic OH excluding ortho intramolecular Hbond substituents is 1. The van der Waals surface area contributed by atoms with Gasteiger partial charge in [-0.3, -0.25) is 0 Å². The maximum atomic E-state index is 13.2. The highest BCUT2D eigenvalue weighted by atomic mass is 35.5. The second-order valence-electron chi connectivity index (χ2n) is 4.82. The van der Waals surface area contributed by atoms with Gasteiger partial charge in [-0.2, -0.15) is 13.2 Å². The molecule has 8 heteroatoms. The topological polar surface area (TPSA) is 58.7 Å². The molecule has 23 heavy (non-hydrogen) atoms. The second-order valence-corrected chi connectivity index (χ2v) is 5.22. The first-order valence-electron chi connectivity index (χ1n) is 6.49. The number of alkyl halides is 3. The van der Waals surface area contributed by atoms with Crippen molar-refractivity contribution in [3.05, 3.63) is 52.5 Å². The number of anilines is 1. The number of aromatic hydroxyl groups is 1. The summed E-state index contributed by atoms with van der Waals surface area (Å²) in [5, 5.41) is 10.5. The van der Waals surface area contributed by atoms with Crippen molar-refractivity contribution in [2.75, 3.05) is 12.1 Å². The van der Waals surface area contributed by atoms with E-state index in [1.54, 1.807) is 0 Å². The lowest BCUT2D eigenvalue weighted by molar-refractivity contribution is -0.138. The van der Waals surface area contributed by atoms with E-state index in [0.717, 1.165) is 11.1 Å². The average molecular weight is 347 g/mol. The molecule has 0 unspecified atom stereocenters. The Labute approximate surface area is 135 Å². The summed E-state index contributed by atoms with van der Waals surface area (Å²) in [7, 11) is 1.44. The first kappa shape index (κ1) is 17.2. The quantitative estimate of drug-likeness (QED) is 0.650. The molecule has 2 aromatic carbocycles. The van der Waals surface area contributed by atoms with Gasteiger partial charge in [-0.05, 0) is 24.3 Å². The molecule has 0 amide bonds. The van der Waals surface area contributed by atoms with E-state index in [0.29, 0.717) is 0 Å². The largest absolute Gasteiger partial charge is 0.508 e. The van der Waals surface area contributed by atoms with Gasteiger partial charge >= 0.3 is 6.18 Å². The zero-order chi connectivity index (χ0) is 17.2. The van der Waals surface area contributed by atoms with Crippen molar-refractivity contribution in [3.63, 3.8) is 0 Å². The summed E-state index contributed by atoms with van der Waals surface area (Å²) >= 11 is 5.89. The van der Waals surface area contributed by atoms with Crippen LogP contribution < -0.4 is 15.6 Å². The van der Waals surface area contributed by atoms with Gasteiger partial charge in [-0.25, -0.2) is 5.84 Å². The predicted octanol–water partition coefficient (Wildman–Crippen LogP) is 3.95. The average Bonchev–Trinajstić information content (AvgIpc) is 2.45. The second kappa shape index (κ2) is 6.55. The molecule has 4 nitrogen and oxygen atoms in total. The summed E-state index contributed by atoms with van der Waals surface area (Å²) < 4.78 is 44.9. The van der Waals surface area contributed by atoms with Gasteiger partial charge in [0.1, 0.15) is 18.1 Å². The van der Waals surface area contributed by atoms with E-state index in [4.69, 9.17) is 22.2 Å². The summed E-state index contributed by atoms with van der Waals surface area (Å²) in [5.74, 6) is 5.69. The molecule has 0 aliphatic heterocycles. The van der Waals surface area contributed by atoms with Crippen molar-refractivity contribution >= 4 is 17.3 Å². The highest BCUT2D eigenvalue weighted by Gasteiger charge is 2.34. The Morgan fingerprint density at radius 3 is 2.52 bits per heavy atom. The lowest BCUT2D eigenvalue weighted by Gasteiger charge is -2.21. The summed E-state index contributed by atoms with van der Waals surface area (Å²) in [6, 6.07) is 7.64. The molecule has 0 aromatic heterocycles. The smallest absolute Gasteiger partial charge is 0.416 e. The fourth-order valence-corrected chi connectivity index (χ4v) is 2.31. The van der Waals surface area contributed by atoms with Gasteiger partial charge in [0.2, 0.25) is 0 Å². The summed E-state index contributed by atoms with van der Waals surface area (Å²) in [6.07, 6.45) is -4.54. The molecular formula is C15H14ClF3N2O2. The van der Waals surface area contributed by atoms with Gasteiger partial charge in [0, 0.05) is 18.7 Å². The molecule has 124 valence electrons. The first-order valence-corrected chi connectivity index (χ1v) is 6.86. The molecule has 0 spiro atoms. The Balaban J connectivity index is 2.37. The monoisotopic (exact) mass is 346 g/mol. The van der Waals surface area contributed by atoms with Gasteiger partial charge in [0.05, 0.1) is 16.3 Å². The Morgan fingerprint density at radius 2 is 1.96 bits per heavy atom. The Kier molecular flexibility index (Phi) is 4.91. The van der Waals surface area contributed by atoms with Gasteiger partial charge in [0.25, 0.3) is 0 Å². The number of hydrogen-bond acceptors (Lipinski definition) is 4. The normalized spacial score (nSPS) is 11.4. The summed E-state index contributed by atoms with van der Waals surface area (Å²) in [5.41, 5.74) is -0.744. The van der Waals surface area contributed by atoms with Gasteiger partial charge in [-0.15, -0.1) is 0 Å². The number of phenols is 1. The van der Waals surface area contributed by atoms with Crippen LogP contribution in [-0.2, 0) is 12.8 Å². The third-order valence-corrected chi connectivity index (χ3v) is 3.42. The SMILES string of the molecule is CN(N)c1cccc(C(F)(F)F)c1COc1ccc(O)cc1Cl. The highest BCUT2D eigenvalue weighted by Crippen LogP contribution is 2.37. The van der Waals surface area contributed by atoms with E-state index < -0.39 is 11.7 Å². The van der Waals surface area contributed by atoms with Crippen molar-refractivity contribution in [2.24, 2.45) is 5.84 Å². The minimum absolute atomic E-state index is 0.0691. The molecule has 0 aliphatic carbocycles. The van der Waals surface area contributed by atoms with Crippen LogP contribution in [0.4, 0.5) is 18.9 Å². The number of benzene rings is 2. The molecule has 0 aliphatic rings. The van der Waals surface area contributed by atoms with Crippen LogP contribution in [0.2, 0.25) is 5.02 Å². The molecule has 0 heterocycles. The molecule has 0 fully saturated rings. The van der Waals surface area contributed by atoms with Crippen LogP contribution in [-0.4, -0.2) is 12.2 Å². The molecule has 2 rings (SSSR count). The fraction of sp³-hybridized carbons (Fsp3) is 0.200. The lowest BCUT2D eigenvalue weighted by atomic mass is 10.1. The third kappa shape index (κ3) is 4.00. The van der Waals surface area contributed by atoms with Crippen LogP contribution in [0.1, 0.15) is 11.1 Å². The van der Waals surface area contributed by atoms with Crippen molar-refractivity contribution < 1.29 is 23.0 Å². The Bertz CT molecular complexity index is 706. The Morgan fingerprint density at radius 1 is 1.26 bits per heavy atom. The van der Waals surface area contributed by atoms with E-state index in [1.807, 2.05) is 0 Å². The van der Waals surface area contributed by atoms with Crippen LogP contribution in [0.5, 0.6) is 11.5 Å². The molecule has 0 bridgehead atoms. The van der Waals surface area contributed by atoms with Crippen molar-refractivity contribution in [3.8, 4) is 11.5 Å². The van der Waals surface area contributed by atoms with E-state index in [-0.39, 0.29) is 34.4 Å². The van der Waals surface area contributed by atoms with Crippen molar-refractivity contribution in [1.82, 2.24) is 0 Å². The zero-order valence-electron chi connectivity index (χ0n) is 12.1. The van der Waals surface area contributed by atoms with Crippen molar-refractivity contribution in [2.45, 2.75) is 12.8 Å². The Hall–Kier alpha value is -2.12. The number of halogens is 4. The predicted molar refractivity (Wildman–Crippen MR) is 81.5 cm³/mol. The van der Waals surface area contributed by atoms with E-state index >= 15 is 0 Å². The number of nitrogens with zero attached hydrogens (tertiary/aromatic N) is 1. The standard InChI is InChI=1S/C15H14ClF3N2O2/c1-21(20)13-4-2-3-11(15(17,18)19)10(13)8-23-14-6-5-9(22)7-12(14)16/h2-7,22H,8,20H2,1H3. The molecule has 0 saturated heterocycles. The molecule has 3 N–H and O–H groups in total. The van der Waals surface area contributed by atoms with E-state index in [1.165, 1.54) is 37.4 Å². The number of ether oxygens (including phenoxy) is 1. The number of hydrazine groups is 1. The highest BCUT2D eigenvalue weighted by molar-refractivity contribution is 6.32. The maximum Gasteiger partial charge on any atom is 0.416 e. The van der Waals surface area contributed by atoms with E-state index in [2.05, 4.69) is 0 Å². The number of hydrogen-bond donors (Lipinski definition) is 2. The van der Waals surface area contributed by atoms with E-state index in [9.17, 15) is 18.3 Å². The molecule has 2 aromatic rings.